The number of rotatable bonds is 2. The van der Waals surface area contributed by atoms with Gasteiger partial charge in [-0.15, -0.1) is 0 Å². The van der Waals surface area contributed by atoms with Crippen LogP contribution >= 0.6 is 27.5 Å². The van der Waals surface area contributed by atoms with Crippen LogP contribution in [0.25, 0.3) is 10.9 Å². The van der Waals surface area contributed by atoms with Crippen LogP contribution in [0, 0.1) is 5.82 Å². The lowest BCUT2D eigenvalue weighted by Gasteiger charge is -2.11. The highest BCUT2D eigenvalue weighted by Crippen LogP contribution is 2.31. The van der Waals surface area contributed by atoms with Crippen LogP contribution in [0.2, 0.25) is 5.28 Å². The topological polar surface area (TPSA) is 37.8 Å². The average molecular weight is 353 g/mol. The van der Waals surface area contributed by atoms with Crippen molar-refractivity contribution in [1.82, 2.24) is 9.97 Å². The van der Waals surface area contributed by atoms with E-state index in [1.165, 1.54) is 6.07 Å². The van der Waals surface area contributed by atoms with Crippen LogP contribution in [0.15, 0.2) is 46.9 Å². The molecule has 0 bridgehead atoms. The Morgan fingerprint density at radius 3 is 2.65 bits per heavy atom. The molecule has 3 aromatic rings. The van der Waals surface area contributed by atoms with Gasteiger partial charge < -0.3 is 5.32 Å². The third kappa shape index (κ3) is 2.46. The molecule has 0 aliphatic rings. The molecular formula is C14H8BrClFN3. The van der Waals surface area contributed by atoms with Crippen LogP contribution in [0.5, 0.6) is 0 Å². The summed E-state index contributed by atoms with van der Waals surface area (Å²) in [5.74, 6) is 0.0876. The maximum absolute atomic E-state index is 13.9. The molecule has 1 N–H and O–H groups in total. The molecular weight excluding hydrogens is 345 g/mol. The number of nitrogens with one attached hydrogen (secondary N) is 1. The summed E-state index contributed by atoms with van der Waals surface area (Å²) >= 11 is 9.21. The van der Waals surface area contributed by atoms with E-state index in [9.17, 15) is 4.39 Å². The molecule has 1 heterocycles. The van der Waals surface area contributed by atoms with Gasteiger partial charge in [-0.2, -0.15) is 4.98 Å². The summed E-state index contributed by atoms with van der Waals surface area (Å²) in [5.41, 5.74) is 1.01. The van der Waals surface area contributed by atoms with Crippen LogP contribution in [-0.4, -0.2) is 9.97 Å². The normalized spacial score (nSPS) is 10.8. The van der Waals surface area contributed by atoms with Gasteiger partial charge in [-0.05, 0) is 51.8 Å². The van der Waals surface area contributed by atoms with Crippen LogP contribution in [0.1, 0.15) is 0 Å². The number of hydrogen-bond donors (Lipinski definition) is 1. The van der Waals surface area contributed by atoms with Crippen molar-refractivity contribution in [3.63, 3.8) is 0 Å². The molecule has 6 heteroatoms. The summed E-state index contributed by atoms with van der Waals surface area (Å²) in [4.78, 5) is 8.27. The number of nitrogens with zero attached hydrogens (tertiary/aromatic N) is 2. The second-order valence-electron chi connectivity index (χ2n) is 4.08. The second-order valence-corrected chi connectivity index (χ2v) is 5.27. The van der Waals surface area contributed by atoms with E-state index < -0.39 is 0 Å². The molecule has 1 aromatic heterocycles. The molecule has 0 aliphatic heterocycles. The molecule has 100 valence electrons. The number of fused-ring (bicyclic) bond motifs is 1. The molecule has 0 spiro atoms. The van der Waals surface area contributed by atoms with Gasteiger partial charge in [0, 0.05) is 9.86 Å². The first-order valence-electron chi connectivity index (χ1n) is 5.78. The third-order valence-electron chi connectivity index (χ3n) is 2.78. The molecule has 0 saturated carbocycles. The first-order valence-corrected chi connectivity index (χ1v) is 6.95. The fraction of sp³-hybridized carbons (Fsp3) is 0. The zero-order chi connectivity index (χ0) is 14.1. The van der Waals surface area contributed by atoms with Crippen LogP contribution < -0.4 is 5.32 Å². The van der Waals surface area contributed by atoms with Gasteiger partial charge in [0.2, 0.25) is 5.28 Å². The highest BCUT2D eigenvalue weighted by Gasteiger charge is 2.11. The molecule has 20 heavy (non-hydrogen) atoms. The quantitative estimate of drug-likeness (QED) is 0.665. The maximum Gasteiger partial charge on any atom is 0.224 e. The van der Waals surface area contributed by atoms with E-state index in [0.717, 1.165) is 5.39 Å². The average Bonchev–Trinajstić information content (AvgIpc) is 2.42. The summed E-state index contributed by atoms with van der Waals surface area (Å²) in [6, 6.07) is 12.1. The van der Waals surface area contributed by atoms with E-state index in [1.807, 2.05) is 24.3 Å². The van der Waals surface area contributed by atoms with E-state index in [4.69, 9.17) is 11.6 Å². The Morgan fingerprint density at radius 2 is 1.85 bits per heavy atom. The largest absolute Gasteiger partial charge is 0.336 e. The molecule has 3 nitrogen and oxygen atoms in total. The molecule has 2 aromatic carbocycles. The second kappa shape index (κ2) is 5.34. The number of aromatic nitrogens is 2. The van der Waals surface area contributed by atoms with E-state index in [1.54, 1.807) is 12.1 Å². The molecule has 0 aliphatic carbocycles. The molecule has 0 saturated heterocycles. The lowest BCUT2D eigenvalue weighted by atomic mass is 10.2. The van der Waals surface area contributed by atoms with Gasteiger partial charge in [0.15, 0.2) is 0 Å². The zero-order valence-electron chi connectivity index (χ0n) is 10.1. The number of para-hydroxylation sites is 2. The van der Waals surface area contributed by atoms with Crippen molar-refractivity contribution in [1.29, 1.82) is 0 Å². The fourth-order valence-electron chi connectivity index (χ4n) is 1.88. The Hall–Kier alpha value is -1.72. The zero-order valence-corrected chi connectivity index (χ0v) is 12.4. The molecule has 0 radical (unpaired) electrons. The Bertz CT molecular complexity index is 774. The summed E-state index contributed by atoms with van der Waals surface area (Å²) in [7, 11) is 0. The van der Waals surface area contributed by atoms with Gasteiger partial charge in [-0.1, -0.05) is 18.2 Å². The smallest absolute Gasteiger partial charge is 0.224 e. The molecule has 0 fully saturated rings. The van der Waals surface area contributed by atoms with Gasteiger partial charge in [0.05, 0.1) is 11.2 Å². The molecule has 3 rings (SSSR count). The van der Waals surface area contributed by atoms with Crippen molar-refractivity contribution in [2.75, 3.05) is 5.32 Å². The minimum absolute atomic E-state index is 0.110. The van der Waals surface area contributed by atoms with Crippen LogP contribution in [0.4, 0.5) is 15.9 Å². The number of benzene rings is 2. The standard InChI is InChI=1S/C14H8BrClFN3/c15-9-5-3-6-10(17)12(9)19-13-8-4-1-2-7-11(8)18-14(16)20-13/h1-7H,(H,18,19,20). The highest BCUT2D eigenvalue weighted by molar-refractivity contribution is 9.10. The SMILES string of the molecule is Fc1cccc(Br)c1Nc1nc(Cl)nc2ccccc12. The number of halogens is 3. The van der Waals surface area contributed by atoms with Gasteiger partial charge in [0.1, 0.15) is 11.6 Å². The van der Waals surface area contributed by atoms with Crippen molar-refractivity contribution in [3.05, 3.63) is 58.0 Å². The highest BCUT2D eigenvalue weighted by atomic mass is 79.9. The lowest BCUT2D eigenvalue weighted by Crippen LogP contribution is -2.00. The van der Waals surface area contributed by atoms with E-state index in [0.29, 0.717) is 21.5 Å². The summed E-state index contributed by atoms with van der Waals surface area (Å²) < 4.78 is 14.5. The summed E-state index contributed by atoms with van der Waals surface area (Å²) in [6.45, 7) is 0. The lowest BCUT2D eigenvalue weighted by molar-refractivity contribution is 0.631. The third-order valence-corrected chi connectivity index (χ3v) is 3.61. The summed E-state index contributed by atoms with van der Waals surface area (Å²) in [6.07, 6.45) is 0. The Balaban J connectivity index is 2.16. The van der Waals surface area contributed by atoms with Crippen molar-refractivity contribution in [3.8, 4) is 0 Å². The van der Waals surface area contributed by atoms with E-state index >= 15 is 0 Å². The maximum atomic E-state index is 13.9. The van der Waals surface area contributed by atoms with Crippen LogP contribution in [-0.2, 0) is 0 Å². The van der Waals surface area contributed by atoms with Gasteiger partial charge in [-0.25, -0.2) is 9.37 Å². The minimum atomic E-state index is -0.377. The number of anilines is 2. The van der Waals surface area contributed by atoms with Crippen molar-refractivity contribution >= 4 is 49.9 Å². The van der Waals surface area contributed by atoms with Gasteiger partial charge >= 0.3 is 0 Å². The predicted octanol–water partition coefficient (Wildman–Crippen LogP) is 4.93. The fourth-order valence-corrected chi connectivity index (χ4v) is 2.50. The van der Waals surface area contributed by atoms with E-state index in [2.05, 4.69) is 31.2 Å². The first-order chi connectivity index (χ1) is 9.65. The predicted molar refractivity (Wildman–Crippen MR) is 81.9 cm³/mol. The Morgan fingerprint density at radius 1 is 1.05 bits per heavy atom. The van der Waals surface area contributed by atoms with Crippen LogP contribution in [0.3, 0.4) is 0 Å². The monoisotopic (exact) mass is 351 g/mol. The van der Waals surface area contributed by atoms with E-state index in [-0.39, 0.29) is 11.1 Å². The van der Waals surface area contributed by atoms with Crippen molar-refractivity contribution < 1.29 is 4.39 Å². The van der Waals surface area contributed by atoms with Crippen molar-refractivity contribution in [2.24, 2.45) is 0 Å². The van der Waals surface area contributed by atoms with Gasteiger partial charge in [-0.3, -0.25) is 0 Å². The summed E-state index contributed by atoms with van der Waals surface area (Å²) in [5, 5.41) is 3.85. The molecule has 0 amide bonds. The minimum Gasteiger partial charge on any atom is -0.336 e. The molecule has 0 atom stereocenters. The first kappa shape index (κ1) is 13.3. The van der Waals surface area contributed by atoms with Crippen molar-refractivity contribution in [2.45, 2.75) is 0 Å². The van der Waals surface area contributed by atoms with Gasteiger partial charge in [0.25, 0.3) is 0 Å². The molecule has 0 unspecified atom stereocenters. The Kier molecular flexibility index (Phi) is 3.54. The Labute approximate surface area is 127 Å². The number of hydrogen-bond acceptors (Lipinski definition) is 3.